The Balaban J connectivity index is 1.65. The number of pyridine rings is 1. The van der Waals surface area contributed by atoms with Crippen LogP contribution < -0.4 is 0 Å². The SMILES string of the molecule is CC(C)(C)c1cc2n(n1)CCN(C(=O)c1nccc3ccccc13)C2. The predicted molar refractivity (Wildman–Crippen MR) is 97.4 cm³/mol. The van der Waals surface area contributed by atoms with Gasteiger partial charge < -0.3 is 4.90 Å². The molecule has 3 aromatic rings. The molecule has 0 fully saturated rings. The molecule has 5 nitrogen and oxygen atoms in total. The maximum Gasteiger partial charge on any atom is 0.273 e. The molecule has 0 radical (unpaired) electrons. The zero-order chi connectivity index (χ0) is 17.6. The van der Waals surface area contributed by atoms with Gasteiger partial charge in [0.25, 0.3) is 5.91 Å². The lowest BCUT2D eigenvalue weighted by atomic mass is 9.92. The van der Waals surface area contributed by atoms with E-state index in [2.05, 4.69) is 31.8 Å². The van der Waals surface area contributed by atoms with E-state index in [1.54, 1.807) is 6.20 Å². The number of amides is 1. The fourth-order valence-electron chi connectivity index (χ4n) is 3.25. The highest BCUT2D eigenvalue weighted by molar-refractivity contribution is 6.05. The first kappa shape index (κ1) is 15.8. The molecule has 0 spiro atoms. The van der Waals surface area contributed by atoms with Crippen LogP contribution in [0, 0.1) is 0 Å². The molecule has 0 aliphatic carbocycles. The van der Waals surface area contributed by atoms with Gasteiger partial charge in [-0.05, 0) is 17.5 Å². The number of rotatable bonds is 1. The van der Waals surface area contributed by atoms with Crippen LogP contribution in [-0.4, -0.2) is 32.1 Å². The van der Waals surface area contributed by atoms with E-state index in [-0.39, 0.29) is 11.3 Å². The first-order chi connectivity index (χ1) is 11.9. The summed E-state index contributed by atoms with van der Waals surface area (Å²) in [5.74, 6) is -0.0124. The molecule has 0 saturated carbocycles. The summed E-state index contributed by atoms with van der Waals surface area (Å²) in [6.07, 6.45) is 1.71. The van der Waals surface area contributed by atoms with E-state index in [1.165, 1.54) is 0 Å². The Morgan fingerprint density at radius 2 is 1.92 bits per heavy atom. The highest BCUT2D eigenvalue weighted by Crippen LogP contribution is 2.25. The minimum atomic E-state index is -0.0124. The predicted octanol–water partition coefficient (Wildman–Crippen LogP) is 3.38. The van der Waals surface area contributed by atoms with Crippen molar-refractivity contribution in [3.05, 3.63) is 59.7 Å². The van der Waals surface area contributed by atoms with E-state index in [1.807, 2.05) is 39.9 Å². The van der Waals surface area contributed by atoms with Crippen LogP contribution in [0.3, 0.4) is 0 Å². The highest BCUT2D eigenvalue weighted by Gasteiger charge is 2.27. The average Bonchev–Trinajstić information content (AvgIpc) is 3.04. The fourth-order valence-corrected chi connectivity index (χ4v) is 3.25. The van der Waals surface area contributed by atoms with Crippen molar-refractivity contribution in [2.24, 2.45) is 0 Å². The molecule has 3 heterocycles. The molecular formula is C20H22N4O. The van der Waals surface area contributed by atoms with Crippen LogP contribution in [0.25, 0.3) is 10.8 Å². The van der Waals surface area contributed by atoms with Crippen LogP contribution in [0.15, 0.2) is 42.6 Å². The first-order valence-corrected chi connectivity index (χ1v) is 8.64. The Morgan fingerprint density at radius 1 is 1.12 bits per heavy atom. The highest BCUT2D eigenvalue weighted by atomic mass is 16.2. The summed E-state index contributed by atoms with van der Waals surface area (Å²) in [4.78, 5) is 19.3. The number of aromatic nitrogens is 3. The summed E-state index contributed by atoms with van der Waals surface area (Å²) >= 11 is 0. The second-order valence-corrected chi connectivity index (χ2v) is 7.60. The molecule has 0 saturated heterocycles. The van der Waals surface area contributed by atoms with Gasteiger partial charge in [0.2, 0.25) is 0 Å². The quantitative estimate of drug-likeness (QED) is 0.685. The fraction of sp³-hybridized carbons (Fsp3) is 0.350. The molecule has 0 N–H and O–H groups in total. The smallest absolute Gasteiger partial charge is 0.273 e. The van der Waals surface area contributed by atoms with Crippen molar-refractivity contribution in [1.29, 1.82) is 0 Å². The Labute approximate surface area is 147 Å². The van der Waals surface area contributed by atoms with Crippen molar-refractivity contribution in [2.75, 3.05) is 6.54 Å². The van der Waals surface area contributed by atoms with Gasteiger partial charge in [0.1, 0.15) is 5.69 Å². The largest absolute Gasteiger partial charge is 0.330 e. The van der Waals surface area contributed by atoms with Gasteiger partial charge in [-0.3, -0.25) is 14.5 Å². The molecule has 0 atom stereocenters. The van der Waals surface area contributed by atoms with Crippen LogP contribution in [0.5, 0.6) is 0 Å². The average molecular weight is 334 g/mol. The molecule has 0 unspecified atom stereocenters. The minimum absolute atomic E-state index is 0.0103. The van der Waals surface area contributed by atoms with Gasteiger partial charge in [-0.25, -0.2) is 0 Å². The number of nitrogens with zero attached hydrogens (tertiary/aromatic N) is 4. The van der Waals surface area contributed by atoms with Crippen molar-refractivity contribution < 1.29 is 4.79 Å². The number of benzene rings is 1. The Hall–Kier alpha value is -2.69. The van der Waals surface area contributed by atoms with Crippen LogP contribution in [0.4, 0.5) is 0 Å². The van der Waals surface area contributed by atoms with Crippen LogP contribution in [0.1, 0.15) is 42.6 Å². The van der Waals surface area contributed by atoms with Crippen molar-refractivity contribution in [3.63, 3.8) is 0 Å². The molecule has 1 aromatic carbocycles. The number of hydrogen-bond acceptors (Lipinski definition) is 3. The van der Waals surface area contributed by atoms with Gasteiger partial charge in [0.15, 0.2) is 0 Å². The maximum absolute atomic E-state index is 13.1. The van der Waals surface area contributed by atoms with E-state index in [0.29, 0.717) is 18.8 Å². The number of carbonyl (C=O) groups excluding carboxylic acids is 1. The lowest BCUT2D eigenvalue weighted by Gasteiger charge is -2.27. The van der Waals surface area contributed by atoms with Crippen molar-refractivity contribution in [2.45, 2.75) is 39.3 Å². The molecular weight excluding hydrogens is 312 g/mol. The summed E-state index contributed by atoms with van der Waals surface area (Å²) in [6, 6.07) is 11.9. The number of carbonyl (C=O) groups is 1. The Morgan fingerprint density at radius 3 is 2.72 bits per heavy atom. The van der Waals surface area contributed by atoms with Crippen molar-refractivity contribution in [3.8, 4) is 0 Å². The normalized spacial score (nSPS) is 14.6. The van der Waals surface area contributed by atoms with Crippen LogP contribution >= 0.6 is 0 Å². The molecule has 2 aromatic heterocycles. The van der Waals surface area contributed by atoms with Gasteiger partial charge in [-0.15, -0.1) is 0 Å². The number of hydrogen-bond donors (Lipinski definition) is 0. The zero-order valence-corrected chi connectivity index (χ0v) is 14.9. The Kier molecular flexibility index (Phi) is 3.60. The third-order valence-electron chi connectivity index (χ3n) is 4.73. The van der Waals surface area contributed by atoms with Gasteiger partial charge in [-0.1, -0.05) is 45.0 Å². The zero-order valence-electron chi connectivity index (χ0n) is 14.9. The topological polar surface area (TPSA) is 51.0 Å². The third-order valence-corrected chi connectivity index (χ3v) is 4.73. The lowest BCUT2D eigenvalue weighted by Crippen LogP contribution is -2.38. The summed E-state index contributed by atoms with van der Waals surface area (Å²) in [5.41, 5.74) is 2.70. The maximum atomic E-state index is 13.1. The molecule has 128 valence electrons. The summed E-state index contributed by atoms with van der Waals surface area (Å²) in [7, 11) is 0. The van der Waals surface area contributed by atoms with Crippen molar-refractivity contribution in [1.82, 2.24) is 19.7 Å². The standard InChI is InChI=1S/C20H22N4O/c1-20(2,3)17-12-15-13-23(10-11-24(15)22-17)19(25)18-16-7-5-4-6-14(16)8-9-21-18/h4-9,12H,10-11,13H2,1-3H3. The van der Waals surface area contributed by atoms with Crippen LogP contribution in [0.2, 0.25) is 0 Å². The molecule has 25 heavy (non-hydrogen) atoms. The first-order valence-electron chi connectivity index (χ1n) is 8.64. The number of fused-ring (bicyclic) bond motifs is 2. The molecule has 1 amide bonds. The second kappa shape index (κ2) is 5.69. The second-order valence-electron chi connectivity index (χ2n) is 7.60. The third kappa shape index (κ3) is 2.80. The lowest BCUT2D eigenvalue weighted by molar-refractivity contribution is 0.0702. The monoisotopic (exact) mass is 334 g/mol. The summed E-state index contributed by atoms with van der Waals surface area (Å²) in [5, 5.41) is 6.65. The summed E-state index contributed by atoms with van der Waals surface area (Å²) < 4.78 is 2.03. The van der Waals surface area contributed by atoms with E-state index < -0.39 is 0 Å². The van der Waals surface area contributed by atoms with Crippen molar-refractivity contribution >= 4 is 16.7 Å². The Bertz CT molecular complexity index is 946. The van der Waals surface area contributed by atoms with Gasteiger partial charge in [0.05, 0.1) is 24.5 Å². The van der Waals surface area contributed by atoms with E-state index in [9.17, 15) is 4.79 Å². The van der Waals surface area contributed by atoms with Gasteiger partial charge >= 0.3 is 0 Å². The van der Waals surface area contributed by atoms with Gasteiger partial charge in [0, 0.05) is 23.5 Å². The van der Waals surface area contributed by atoms with E-state index >= 15 is 0 Å². The van der Waals surface area contributed by atoms with E-state index in [0.717, 1.165) is 28.7 Å². The summed E-state index contributed by atoms with van der Waals surface area (Å²) in [6.45, 7) is 8.43. The molecule has 0 bridgehead atoms. The van der Waals surface area contributed by atoms with E-state index in [4.69, 9.17) is 5.10 Å². The molecule has 4 rings (SSSR count). The van der Waals surface area contributed by atoms with Gasteiger partial charge in [-0.2, -0.15) is 5.10 Å². The molecule has 1 aliphatic rings. The minimum Gasteiger partial charge on any atom is -0.330 e. The molecule has 5 heteroatoms. The molecule has 1 aliphatic heterocycles. The van der Waals surface area contributed by atoms with Crippen LogP contribution in [-0.2, 0) is 18.5 Å².